The number of ketones is 1. The maximum absolute atomic E-state index is 12.1. The van der Waals surface area contributed by atoms with Crippen molar-refractivity contribution < 1.29 is 9.53 Å². The first-order valence-electron chi connectivity index (χ1n) is 6.22. The number of hydrogen-bond donors (Lipinski definition) is 0. The van der Waals surface area contributed by atoms with Crippen molar-refractivity contribution in [3.05, 3.63) is 57.5 Å². The van der Waals surface area contributed by atoms with E-state index in [1.807, 2.05) is 31.2 Å². The van der Waals surface area contributed by atoms with Crippen LogP contribution < -0.4 is 5.43 Å². The van der Waals surface area contributed by atoms with Crippen LogP contribution in [0, 0.1) is 6.92 Å². The van der Waals surface area contributed by atoms with Crippen molar-refractivity contribution in [1.29, 1.82) is 0 Å². The van der Waals surface area contributed by atoms with E-state index in [2.05, 4.69) is 5.10 Å². The van der Waals surface area contributed by atoms with Crippen molar-refractivity contribution in [2.75, 3.05) is 7.11 Å². The Bertz CT molecular complexity index is 705. The van der Waals surface area contributed by atoms with Crippen LogP contribution in [0.25, 0.3) is 5.69 Å². The van der Waals surface area contributed by atoms with Gasteiger partial charge in [0.05, 0.1) is 12.3 Å². The molecule has 0 amide bonds. The second-order valence-corrected chi connectivity index (χ2v) is 4.60. The Morgan fingerprint density at radius 1 is 1.40 bits per heavy atom. The zero-order valence-electron chi connectivity index (χ0n) is 11.7. The molecule has 0 bridgehead atoms. The lowest BCUT2D eigenvalue weighted by atomic mass is 10.2. The fourth-order valence-electron chi connectivity index (χ4n) is 1.93. The van der Waals surface area contributed by atoms with Crippen LogP contribution in [0.15, 0.2) is 35.3 Å². The Hall–Kier alpha value is -2.27. The van der Waals surface area contributed by atoms with Crippen LogP contribution >= 0.6 is 0 Å². The fraction of sp³-hybridized carbons (Fsp3) is 0.267. The lowest BCUT2D eigenvalue weighted by molar-refractivity contribution is 0.100. The summed E-state index contributed by atoms with van der Waals surface area (Å²) < 4.78 is 6.55. The number of aromatic nitrogens is 2. The van der Waals surface area contributed by atoms with Gasteiger partial charge in [-0.05, 0) is 24.6 Å². The molecule has 2 rings (SSSR count). The van der Waals surface area contributed by atoms with E-state index in [1.165, 1.54) is 14.0 Å². The molecule has 0 fully saturated rings. The smallest absolute Gasteiger partial charge is 0.216 e. The van der Waals surface area contributed by atoms with Crippen LogP contribution in [-0.2, 0) is 11.3 Å². The molecule has 1 aromatic heterocycles. The molecule has 5 nitrogen and oxygen atoms in total. The highest BCUT2D eigenvalue weighted by Gasteiger charge is 2.14. The summed E-state index contributed by atoms with van der Waals surface area (Å²) in [6, 6.07) is 7.66. The number of carbonyl (C=O) groups is 1. The van der Waals surface area contributed by atoms with E-state index in [0.29, 0.717) is 5.56 Å². The number of carbonyl (C=O) groups excluding carboxylic acids is 1. The predicted molar refractivity (Wildman–Crippen MR) is 75.3 cm³/mol. The van der Waals surface area contributed by atoms with E-state index in [1.54, 1.807) is 10.9 Å². The van der Waals surface area contributed by atoms with E-state index >= 15 is 0 Å². The summed E-state index contributed by atoms with van der Waals surface area (Å²) >= 11 is 0. The number of Topliss-reactive ketones (excluding diaryl/α,β-unsaturated/α-hetero) is 1. The monoisotopic (exact) mass is 272 g/mol. The largest absolute Gasteiger partial charge is 0.380 e. The van der Waals surface area contributed by atoms with E-state index in [0.717, 1.165) is 11.3 Å². The first kappa shape index (κ1) is 14.1. The minimum Gasteiger partial charge on any atom is -0.380 e. The Balaban J connectivity index is 2.65. The molecular formula is C15H16N2O3. The van der Waals surface area contributed by atoms with Crippen LogP contribution in [0.1, 0.15) is 28.5 Å². The van der Waals surface area contributed by atoms with Gasteiger partial charge in [-0.1, -0.05) is 12.1 Å². The maximum Gasteiger partial charge on any atom is 0.216 e. The van der Waals surface area contributed by atoms with Gasteiger partial charge in [-0.2, -0.15) is 5.10 Å². The number of benzene rings is 1. The van der Waals surface area contributed by atoms with Crippen LogP contribution in [0.5, 0.6) is 0 Å². The van der Waals surface area contributed by atoms with Gasteiger partial charge in [0.2, 0.25) is 5.43 Å². The van der Waals surface area contributed by atoms with Crippen molar-refractivity contribution >= 4 is 5.78 Å². The van der Waals surface area contributed by atoms with Crippen molar-refractivity contribution in [1.82, 2.24) is 9.78 Å². The summed E-state index contributed by atoms with van der Waals surface area (Å²) in [5, 5.41) is 4.13. The predicted octanol–water partition coefficient (Wildman–Crippen LogP) is 1.89. The van der Waals surface area contributed by atoms with Gasteiger partial charge in [0, 0.05) is 25.8 Å². The topological polar surface area (TPSA) is 61.2 Å². The summed E-state index contributed by atoms with van der Waals surface area (Å²) in [4.78, 5) is 23.6. The first-order chi connectivity index (χ1) is 9.52. The SMILES string of the molecule is COCc1cn(-c2cccc(C)c2)nc(C(C)=O)c1=O. The maximum atomic E-state index is 12.1. The standard InChI is InChI=1S/C15H16N2O3/c1-10-5-4-6-13(7-10)17-8-12(9-20-3)15(19)14(16-17)11(2)18/h4-8H,9H2,1-3H3. The molecular weight excluding hydrogens is 256 g/mol. The van der Waals surface area contributed by atoms with Gasteiger partial charge in [0.15, 0.2) is 11.5 Å². The normalized spacial score (nSPS) is 10.6. The van der Waals surface area contributed by atoms with Gasteiger partial charge in [-0.25, -0.2) is 4.68 Å². The first-order valence-corrected chi connectivity index (χ1v) is 6.22. The van der Waals surface area contributed by atoms with Crippen molar-refractivity contribution in [2.24, 2.45) is 0 Å². The minimum atomic E-state index is -0.372. The number of hydrogen-bond acceptors (Lipinski definition) is 4. The van der Waals surface area contributed by atoms with E-state index in [4.69, 9.17) is 4.74 Å². The molecule has 0 radical (unpaired) electrons. The van der Waals surface area contributed by atoms with Gasteiger partial charge in [-0.15, -0.1) is 0 Å². The lowest BCUT2D eigenvalue weighted by Crippen LogP contribution is -2.24. The molecule has 0 saturated heterocycles. The molecule has 2 aromatic rings. The van der Waals surface area contributed by atoms with Gasteiger partial charge in [-0.3, -0.25) is 9.59 Å². The Morgan fingerprint density at radius 3 is 2.75 bits per heavy atom. The second-order valence-electron chi connectivity index (χ2n) is 4.60. The average Bonchev–Trinajstić information content (AvgIpc) is 2.41. The van der Waals surface area contributed by atoms with Crippen molar-refractivity contribution in [2.45, 2.75) is 20.5 Å². The average molecular weight is 272 g/mol. The number of methoxy groups -OCH3 is 1. The Morgan fingerprint density at radius 2 is 2.15 bits per heavy atom. The van der Waals surface area contributed by atoms with Gasteiger partial charge in [0.25, 0.3) is 0 Å². The molecule has 5 heteroatoms. The summed E-state index contributed by atoms with van der Waals surface area (Å²) in [7, 11) is 1.50. The molecule has 1 aromatic carbocycles. The zero-order valence-corrected chi connectivity index (χ0v) is 11.7. The summed E-state index contributed by atoms with van der Waals surface area (Å²) in [6.07, 6.45) is 1.60. The molecule has 0 atom stereocenters. The summed E-state index contributed by atoms with van der Waals surface area (Å²) in [5.41, 5.74) is 1.84. The molecule has 0 aliphatic carbocycles. The molecule has 1 heterocycles. The van der Waals surface area contributed by atoms with E-state index < -0.39 is 0 Å². The van der Waals surface area contributed by atoms with Crippen LogP contribution in [0.3, 0.4) is 0 Å². The Labute approximate surface area is 116 Å². The molecule has 0 aliphatic heterocycles. The number of rotatable bonds is 4. The molecule has 20 heavy (non-hydrogen) atoms. The zero-order chi connectivity index (χ0) is 14.7. The van der Waals surface area contributed by atoms with E-state index in [9.17, 15) is 9.59 Å². The number of aryl methyl sites for hydroxylation is 1. The quantitative estimate of drug-likeness (QED) is 0.797. The molecule has 0 aliphatic rings. The van der Waals surface area contributed by atoms with Crippen molar-refractivity contribution in [3.63, 3.8) is 0 Å². The molecule has 104 valence electrons. The molecule has 0 spiro atoms. The second kappa shape index (κ2) is 5.79. The molecule has 0 unspecified atom stereocenters. The van der Waals surface area contributed by atoms with Crippen LogP contribution in [0.4, 0.5) is 0 Å². The van der Waals surface area contributed by atoms with E-state index in [-0.39, 0.29) is 23.5 Å². The molecule has 0 N–H and O–H groups in total. The third kappa shape index (κ3) is 2.83. The highest BCUT2D eigenvalue weighted by Crippen LogP contribution is 2.10. The minimum absolute atomic E-state index is 0.0685. The highest BCUT2D eigenvalue weighted by atomic mass is 16.5. The van der Waals surface area contributed by atoms with Crippen molar-refractivity contribution in [3.8, 4) is 5.69 Å². The molecule has 0 saturated carbocycles. The summed E-state index contributed by atoms with van der Waals surface area (Å²) in [5.74, 6) is -0.352. The van der Waals surface area contributed by atoms with Crippen LogP contribution in [-0.4, -0.2) is 22.7 Å². The summed E-state index contributed by atoms with van der Waals surface area (Å²) in [6.45, 7) is 3.45. The number of nitrogens with zero attached hydrogens (tertiary/aromatic N) is 2. The van der Waals surface area contributed by atoms with Gasteiger partial charge >= 0.3 is 0 Å². The van der Waals surface area contributed by atoms with Crippen LogP contribution in [0.2, 0.25) is 0 Å². The highest BCUT2D eigenvalue weighted by molar-refractivity contribution is 5.91. The lowest BCUT2D eigenvalue weighted by Gasteiger charge is -2.10. The third-order valence-corrected chi connectivity index (χ3v) is 2.89. The number of ether oxygens (including phenoxy) is 1. The van der Waals surface area contributed by atoms with Gasteiger partial charge in [0.1, 0.15) is 0 Å². The third-order valence-electron chi connectivity index (χ3n) is 2.89. The van der Waals surface area contributed by atoms with Gasteiger partial charge < -0.3 is 4.74 Å². The fourth-order valence-corrected chi connectivity index (χ4v) is 1.93. The Kier molecular flexibility index (Phi) is 4.10.